The number of rotatable bonds is 2. The molecule has 0 atom stereocenters. The second kappa shape index (κ2) is 5.16. The van der Waals surface area contributed by atoms with Crippen molar-refractivity contribution in [2.24, 2.45) is 7.05 Å². The number of fused-ring (bicyclic) bond motifs is 1. The molecule has 114 valence electrons. The van der Waals surface area contributed by atoms with Crippen molar-refractivity contribution in [3.8, 4) is 11.3 Å². The minimum atomic E-state index is -0.00624. The van der Waals surface area contributed by atoms with E-state index in [0.717, 1.165) is 23.2 Å². The molecule has 3 nitrogen and oxygen atoms in total. The van der Waals surface area contributed by atoms with Gasteiger partial charge in [0.25, 0.3) is 5.56 Å². The molecular weight excluding hydrogens is 272 g/mol. The molecule has 1 aromatic carbocycles. The summed E-state index contributed by atoms with van der Waals surface area (Å²) in [7, 11) is 2.09. The van der Waals surface area contributed by atoms with Gasteiger partial charge in [0.1, 0.15) is 0 Å². The topological polar surface area (TPSA) is 37.8 Å². The zero-order valence-corrected chi connectivity index (χ0v) is 13.9. The zero-order valence-electron chi connectivity index (χ0n) is 13.9. The van der Waals surface area contributed by atoms with Crippen molar-refractivity contribution in [2.75, 3.05) is 0 Å². The number of H-pyrrole nitrogens is 1. The van der Waals surface area contributed by atoms with Gasteiger partial charge in [-0.3, -0.25) is 4.79 Å². The maximum atomic E-state index is 12.0. The minimum Gasteiger partial charge on any atom is -0.348 e. The Labute approximate surface area is 130 Å². The highest BCUT2D eigenvalue weighted by molar-refractivity contribution is 5.89. The second-order valence-electron chi connectivity index (χ2n) is 6.04. The first-order valence-corrected chi connectivity index (χ1v) is 7.72. The third-order valence-electron chi connectivity index (χ3n) is 4.79. The number of aromatic amines is 1. The fourth-order valence-corrected chi connectivity index (χ4v) is 3.14. The first kappa shape index (κ1) is 14.6. The van der Waals surface area contributed by atoms with Gasteiger partial charge >= 0.3 is 0 Å². The minimum absolute atomic E-state index is 0.00624. The molecule has 0 aliphatic heterocycles. The molecule has 3 aromatic rings. The van der Waals surface area contributed by atoms with Gasteiger partial charge in [-0.15, -0.1) is 0 Å². The molecule has 3 heteroatoms. The largest absolute Gasteiger partial charge is 0.348 e. The summed E-state index contributed by atoms with van der Waals surface area (Å²) in [5.74, 6) is 0. The molecule has 0 spiro atoms. The Bertz CT molecular complexity index is 929. The fraction of sp³-hybridized carbons (Fsp3) is 0.316. The van der Waals surface area contributed by atoms with Crippen LogP contribution in [-0.4, -0.2) is 9.55 Å². The van der Waals surface area contributed by atoms with Gasteiger partial charge in [-0.1, -0.05) is 13.0 Å². The third kappa shape index (κ3) is 2.08. The lowest BCUT2D eigenvalue weighted by molar-refractivity contribution is 0.910. The van der Waals surface area contributed by atoms with Gasteiger partial charge in [0, 0.05) is 29.2 Å². The molecule has 0 radical (unpaired) electrons. The van der Waals surface area contributed by atoms with Gasteiger partial charge in [-0.05, 0) is 62.1 Å². The van der Waals surface area contributed by atoms with Crippen LogP contribution in [0.3, 0.4) is 0 Å². The van der Waals surface area contributed by atoms with E-state index < -0.39 is 0 Å². The third-order valence-corrected chi connectivity index (χ3v) is 4.79. The van der Waals surface area contributed by atoms with Crippen LogP contribution in [-0.2, 0) is 13.5 Å². The van der Waals surface area contributed by atoms with E-state index in [9.17, 15) is 4.79 Å². The molecule has 3 rings (SSSR count). The molecule has 0 fully saturated rings. The maximum Gasteiger partial charge on any atom is 0.251 e. The first-order valence-electron chi connectivity index (χ1n) is 7.72. The Kier molecular flexibility index (Phi) is 3.44. The summed E-state index contributed by atoms with van der Waals surface area (Å²) in [4.78, 5) is 15.1. The van der Waals surface area contributed by atoms with Crippen LogP contribution in [0, 0.1) is 20.8 Å². The molecule has 22 heavy (non-hydrogen) atoms. The number of benzene rings is 1. The first-order chi connectivity index (χ1) is 10.4. The molecule has 0 aliphatic carbocycles. The monoisotopic (exact) mass is 294 g/mol. The van der Waals surface area contributed by atoms with Crippen LogP contribution >= 0.6 is 0 Å². The van der Waals surface area contributed by atoms with Gasteiger partial charge < -0.3 is 9.55 Å². The number of nitrogens with one attached hydrogen (secondary N) is 1. The Morgan fingerprint density at radius 1 is 1.14 bits per heavy atom. The second-order valence-corrected chi connectivity index (χ2v) is 6.04. The van der Waals surface area contributed by atoms with E-state index in [1.165, 1.54) is 27.7 Å². The summed E-state index contributed by atoms with van der Waals surface area (Å²) in [6.07, 6.45) is 0.901. The Morgan fingerprint density at radius 2 is 1.86 bits per heavy atom. The van der Waals surface area contributed by atoms with Gasteiger partial charge in [0.15, 0.2) is 0 Å². The van der Waals surface area contributed by atoms with E-state index in [1.807, 2.05) is 13.0 Å². The van der Waals surface area contributed by atoms with Crippen LogP contribution in [0.15, 0.2) is 29.1 Å². The van der Waals surface area contributed by atoms with Crippen molar-refractivity contribution >= 4 is 10.9 Å². The molecule has 0 bridgehead atoms. The Hall–Kier alpha value is -2.29. The fourth-order valence-electron chi connectivity index (χ4n) is 3.14. The van der Waals surface area contributed by atoms with E-state index >= 15 is 0 Å². The van der Waals surface area contributed by atoms with E-state index in [0.29, 0.717) is 0 Å². The highest BCUT2D eigenvalue weighted by Gasteiger charge is 2.12. The lowest BCUT2D eigenvalue weighted by atomic mass is 10.0. The number of aryl methyl sites for hydroxylation is 4. The van der Waals surface area contributed by atoms with Gasteiger partial charge in [0.05, 0.1) is 5.69 Å². The van der Waals surface area contributed by atoms with Crippen LogP contribution < -0.4 is 5.56 Å². The number of hydrogen-bond acceptors (Lipinski definition) is 1. The van der Waals surface area contributed by atoms with Crippen LogP contribution in [0.25, 0.3) is 22.2 Å². The van der Waals surface area contributed by atoms with Crippen molar-refractivity contribution in [3.05, 3.63) is 57.0 Å². The van der Waals surface area contributed by atoms with E-state index in [2.05, 4.69) is 55.6 Å². The zero-order chi connectivity index (χ0) is 16.0. The average molecular weight is 294 g/mol. The Morgan fingerprint density at radius 3 is 2.55 bits per heavy atom. The summed E-state index contributed by atoms with van der Waals surface area (Å²) >= 11 is 0. The molecule has 0 saturated heterocycles. The molecule has 2 aromatic heterocycles. The summed E-state index contributed by atoms with van der Waals surface area (Å²) in [6.45, 7) is 8.27. The SMILES string of the molecule is CCc1cc(C)c(=O)[nH]c1-c1ccc2c(c1)c(C)c(C)n2C. The van der Waals surface area contributed by atoms with Crippen LogP contribution in [0.1, 0.15) is 29.3 Å². The van der Waals surface area contributed by atoms with Crippen molar-refractivity contribution in [1.29, 1.82) is 0 Å². The highest BCUT2D eigenvalue weighted by Crippen LogP contribution is 2.30. The van der Waals surface area contributed by atoms with Gasteiger partial charge in [0.2, 0.25) is 0 Å². The Balaban J connectivity index is 2.29. The molecule has 0 amide bonds. The smallest absolute Gasteiger partial charge is 0.251 e. The lowest BCUT2D eigenvalue weighted by Crippen LogP contribution is -2.12. The van der Waals surface area contributed by atoms with Crippen LogP contribution in [0.5, 0.6) is 0 Å². The van der Waals surface area contributed by atoms with Gasteiger partial charge in [-0.2, -0.15) is 0 Å². The summed E-state index contributed by atoms with van der Waals surface area (Å²) in [5, 5.41) is 1.25. The van der Waals surface area contributed by atoms with Crippen molar-refractivity contribution < 1.29 is 0 Å². The van der Waals surface area contributed by atoms with Crippen LogP contribution in [0.4, 0.5) is 0 Å². The predicted octanol–water partition coefficient (Wildman–Crippen LogP) is 4.02. The molecule has 0 unspecified atom stereocenters. The van der Waals surface area contributed by atoms with E-state index in [4.69, 9.17) is 0 Å². The predicted molar refractivity (Wildman–Crippen MR) is 92.6 cm³/mol. The van der Waals surface area contributed by atoms with Gasteiger partial charge in [-0.25, -0.2) is 0 Å². The number of pyridine rings is 1. The number of hydrogen-bond donors (Lipinski definition) is 1. The molecule has 0 saturated carbocycles. The lowest BCUT2D eigenvalue weighted by Gasteiger charge is -2.10. The van der Waals surface area contributed by atoms with Crippen molar-refractivity contribution in [1.82, 2.24) is 9.55 Å². The standard InChI is InChI=1S/C19H22N2O/c1-6-14-9-11(2)19(22)20-18(14)15-7-8-17-16(10-15)12(3)13(4)21(17)5/h7-10H,6H2,1-5H3,(H,20,22). The maximum absolute atomic E-state index is 12.0. The molecular formula is C19H22N2O. The van der Waals surface area contributed by atoms with E-state index in [1.54, 1.807) is 0 Å². The molecule has 0 aliphatic rings. The van der Waals surface area contributed by atoms with E-state index in [-0.39, 0.29) is 5.56 Å². The normalized spacial score (nSPS) is 11.3. The van der Waals surface area contributed by atoms with Crippen molar-refractivity contribution in [3.63, 3.8) is 0 Å². The number of aromatic nitrogens is 2. The summed E-state index contributed by atoms with van der Waals surface area (Å²) in [5.41, 5.74) is 7.78. The molecule has 2 heterocycles. The highest BCUT2D eigenvalue weighted by atomic mass is 16.1. The van der Waals surface area contributed by atoms with Crippen LogP contribution in [0.2, 0.25) is 0 Å². The number of nitrogens with zero attached hydrogens (tertiary/aromatic N) is 1. The average Bonchev–Trinajstić information content (AvgIpc) is 2.74. The van der Waals surface area contributed by atoms with Crippen molar-refractivity contribution in [2.45, 2.75) is 34.1 Å². The summed E-state index contributed by atoms with van der Waals surface area (Å²) < 4.78 is 2.22. The summed E-state index contributed by atoms with van der Waals surface area (Å²) in [6, 6.07) is 8.43. The molecule has 1 N–H and O–H groups in total. The quantitative estimate of drug-likeness (QED) is 0.761.